The van der Waals surface area contributed by atoms with E-state index in [2.05, 4.69) is 18.2 Å². The number of nitrogens with zero attached hydrogens (tertiary/aromatic N) is 1. The summed E-state index contributed by atoms with van der Waals surface area (Å²) in [5.41, 5.74) is 3.66. The topological polar surface area (TPSA) is 38.7 Å². The molecule has 3 nitrogen and oxygen atoms in total. The molecule has 3 heteroatoms. The molecule has 0 bridgehead atoms. The quantitative estimate of drug-likeness (QED) is 0.659. The summed E-state index contributed by atoms with van der Waals surface area (Å²) in [6.45, 7) is 4.82. The average molecular weight is 273 g/mol. The molecule has 1 aliphatic carbocycles. The van der Waals surface area contributed by atoms with Gasteiger partial charge in [-0.05, 0) is 55.9 Å². The molecule has 2 rings (SSSR count). The third-order valence-electron chi connectivity index (χ3n) is 3.85. The van der Waals surface area contributed by atoms with Gasteiger partial charge in [0.1, 0.15) is 11.8 Å². The number of hydrogen-bond donors (Lipinski definition) is 0. The minimum absolute atomic E-state index is 0.182. The van der Waals surface area contributed by atoms with Gasteiger partial charge in [-0.2, -0.15) is 4.91 Å². The number of benzene rings is 1. The minimum Gasteiger partial charge on any atom is -0.494 e. The zero-order valence-corrected chi connectivity index (χ0v) is 12.4. The molecule has 108 valence electrons. The van der Waals surface area contributed by atoms with Gasteiger partial charge >= 0.3 is 0 Å². The Labute approximate surface area is 121 Å². The summed E-state index contributed by atoms with van der Waals surface area (Å²) in [5.74, 6) is 0.865. The minimum atomic E-state index is -0.182. The summed E-state index contributed by atoms with van der Waals surface area (Å²) < 4.78 is 5.56. The molecule has 0 aliphatic heterocycles. The van der Waals surface area contributed by atoms with Gasteiger partial charge in [0.25, 0.3) is 0 Å². The number of hydrogen-bond acceptors (Lipinski definition) is 3. The summed E-state index contributed by atoms with van der Waals surface area (Å²) >= 11 is 0. The van der Waals surface area contributed by atoms with Gasteiger partial charge in [0.15, 0.2) is 0 Å². The first kappa shape index (κ1) is 14.8. The Morgan fingerprint density at radius 1 is 1.35 bits per heavy atom. The molecule has 0 saturated carbocycles. The predicted octanol–water partition coefficient (Wildman–Crippen LogP) is 4.96. The first-order chi connectivity index (χ1) is 9.80. The molecule has 0 aromatic heterocycles. The highest BCUT2D eigenvalue weighted by Gasteiger charge is 2.27. The second kappa shape index (κ2) is 7.22. The van der Waals surface area contributed by atoms with Crippen LogP contribution in [0, 0.1) is 4.91 Å². The van der Waals surface area contributed by atoms with E-state index in [0.717, 1.165) is 36.1 Å². The van der Waals surface area contributed by atoms with Crippen LogP contribution in [-0.2, 0) is 0 Å². The van der Waals surface area contributed by atoms with E-state index in [4.69, 9.17) is 4.74 Å². The molecule has 0 N–H and O–H groups in total. The Morgan fingerprint density at radius 2 is 2.20 bits per heavy atom. The van der Waals surface area contributed by atoms with E-state index in [9.17, 15) is 4.91 Å². The highest BCUT2D eigenvalue weighted by Crippen LogP contribution is 2.39. The summed E-state index contributed by atoms with van der Waals surface area (Å²) in [5, 5.41) is 3.33. The van der Waals surface area contributed by atoms with Crippen molar-refractivity contribution in [3.63, 3.8) is 0 Å². The molecule has 1 unspecified atom stereocenters. The van der Waals surface area contributed by atoms with Crippen molar-refractivity contribution in [1.82, 2.24) is 0 Å². The number of unbranched alkanes of at least 4 members (excludes halogenated alkanes) is 1. The zero-order chi connectivity index (χ0) is 14.4. The Hall–Kier alpha value is -1.64. The Balaban J connectivity index is 2.33. The fourth-order valence-corrected chi connectivity index (χ4v) is 2.90. The SMILES string of the molecule is CCCCC1=C(c2cccc(OCC)c2)C(N=O)CC1. The van der Waals surface area contributed by atoms with E-state index >= 15 is 0 Å². The number of nitroso groups, excluding NO2 is 1. The van der Waals surface area contributed by atoms with Gasteiger partial charge < -0.3 is 4.74 Å². The average Bonchev–Trinajstić information content (AvgIpc) is 2.88. The lowest BCUT2D eigenvalue weighted by atomic mass is 9.96. The molecule has 1 aromatic rings. The van der Waals surface area contributed by atoms with Crippen LogP contribution in [0.15, 0.2) is 35.0 Å². The van der Waals surface area contributed by atoms with Crippen molar-refractivity contribution in [2.24, 2.45) is 5.18 Å². The summed E-state index contributed by atoms with van der Waals surface area (Å²) in [6.07, 6.45) is 5.29. The molecule has 0 saturated heterocycles. The Bertz CT molecular complexity index is 494. The summed E-state index contributed by atoms with van der Waals surface area (Å²) in [4.78, 5) is 11.1. The lowest BCUT2D eigenvalue weighted by molar-refractivity contribution is 0.340. The normalized spacial score (nSPS) is 18.4. The smallest absolute Gasteiger partial charge is 0.119 e. The largest absolute Gasteiger partial charge is 0.494 e. The van der Waals surface area contributed by atoms with E-state index in [1.54, 1.807) is 0 Å². The van der Waals surface area contributed by atoms with Crippen molar-refractivity contribution in [2.45, 2.75) is 52.0 Å². The van der Waals surface area contributed by atoms with Crippen molar-refractivity contribution in [1.29, 1.82) is 0 Å². The van der Waals surface area contributed by atoms with Crippen LogP contribution in [0.2, 0.25) is 0 Å². The maximum Gasteiger partial charge on any atom is 0.119 e. The lowest BCUT2D eigenvalue weighted by Crippen LogP contribution is -2.02. The molecule has 1 aliphatic rings. The summed E-state index contributed by atoms with van der Waals surface area (Å²) in [6, 6.07) is 7.86. The molecule has 20 heavy (non-hydrogen) atoms. The van der Waals surface area contributed by atoms with E-state index < -0.39 is 0 Å². The third-order valence-corrected chi connectivity index (χ3v) is 3.85. The lowest BCUT2D eigenvalue weighted by Gasteiger charge is -2.12. The first-order valence-corrected chi connectivity index (χ1v) is 7.57. The third kappa shape index (κ3) is 3.27. The molecule has 0 heterocycles. The van der Waals surface area contributed by atoms with Crippen LogP contribution in [0.25, 0.3) is 5.57 Å². The standard InChI is InChI=1S/C17H23NO2/c1-3-5-7-13-10-11-16(18-19)17(13)14-8-6-9-15(12-14)20-4-2/h6,8-9,12,16H,3-5,7,10-11H2,1-2H3. The maximum absolute atomic E-state index is 11.1. The zero-order valence-electron chi connectivity index (χ0n) is 12.4. The van der Waals surface area contributed by atoms with E-state index in [0.29, 0.717) is 6.61 Å². The molecule has 1 aromatic carbocycles. The van der Waals surface area contributed by atoms with Crippen LogP contribution in [0.5, 0.6) is 5.75 Å². The molecular weight excluding hydrogens is 250 g/mol. The number of ether oxygens (including phenoxy) is 1. The molecular formula is C17H23NO2. The Kier molecular flexibility index (Phi) is 5.33. The van der Waals surface area contributed by atoms with Crippen molar-refractivity contribution < 1.29 is 4.74 Å². The van der Waals surface area contributed by atoms with Crippen molar-refractivity contribution >= 4 is 5.57 Å². The van der Waals surface area contributed by atoms with Gasteiger partial charge in [-0.3, -0.25) is 0 Å². The van der Waals surface area contributed by atoms with Crippen LogP contribution in [-0.4, -0.2) is 12.6 Å². The monoisotopic (exact) mass is 273 g/mol. The van der Waals surface area contributed by atoms with Gasteiger partial charge in [-0.1, -0.05) is 36.2 Å². The second-order valence-corrected chi connectivity index (χ2v) is 5.24. The van der Waals surface area contributed by atoms with Crippen LogP contribution < -0.4 is 4.74 Å². The van der Waals surface area contributed by atoms with Crippen molar-refractivity contribution in [3.05, 3.63) is 40.3 Å². The van der Waals surface area contributed by atoms with Gasteiger partial charge in [0.05, 0.1) is 6.61 Å². The number of rotatable bonds is 7. The molecule has 1 atom stereocenters. The van der Waals surface area contributed by atoms with Crippen LogP contribution in [0.1, 0.15) is 51.5 Å². The van der Waals surface area contributed by atoms with Crippen molar-refractivity contribution in [2.75, 3.05) is 6.61 Å². The molecule has 0 fully saturated rings. The fourth-order valence-electron chi connectivity index (χ4n) is 2.90. The molecule has 0 radical (unpaired) electrons. The maximum atomic E-state index is 11.1. The highest BCUT2D eigenvalue weighted by molar-refractivity contribution is 5.75. The van der Waals surface area contributed by atoms with Crippen molar-refractivity contribution in [3.8, 4) is 5.75 Å². The van der Waals surface area contributed by atoms with Crippen LogP contribution in [0.4, 0.5) is 0 Å². The first-order valence-electron chi connectivity index (χ1n) is 7.57. The van der Waals surface area contributed by atoms with Gasteiger partial charge in [-0.15, -0.1) is 0 Å². The Morgan fingerprint density at radius 3 is 2.90 bits per heavy atom. The van der Waals surface area contributed by atoms with E-state index in [-0.39, 0.29) is 6.04 Å². The van der Waals surface area contributed by atoms with Gasteiger partial charge in [-0.25, -0.2) is 0 Å². The van der Waals surface area contributed by atoms with Crippen LogP contribution >= 0.6 is 0 Å². The predicted molar refractivity (Wildman–Crippen MR) is 82.9 cm³/mol. The molecule has 0 spiro atoms. The summed E-state index contributed by atoms with van der Waals surface area (Å²) in [7, 11) is 0. The number of allylic oxidation sites excluding steroid dienone is 1. The van der Waals surface area contributed by atoms with Gasteiger partial charge in [0, 0.05) is 0 Å². The molecule has 0 amide bonds. The highest BCUT2D eigenvalue weighted by atomic mass is 16.5. The van der Waals surface area contributed by atoms with Gasteiger partial charge in [0.2, 0.25) is 0 Å². The van der Waals surface area contributed by atoms with E-state index in [1.807, 2.05) is 25.1 Å². The fraction of sp³-hybridized carbons (Fsp3) is 0.529. The van der Waals surface area contributed by atoms with E-state index in [1.165, 1.54) is 18.4 Å². The van der Waals surface area contributed by atoms with Crippen LogP contribution in [0.3, 0.4) is 0 Å². The second-order valence-electron chi connectivity index (χ2n) is 5.24.